The van der Waals surface area contributed by atoms with Crippen molar-refractivity contribution in [3.05, 3.63) is 54.6 Å². The molecule has 0 saturated carbocycles. The smallest absolute Gasteiger partial charge is 0.249 e. The SMILES string of the molecule is CC(C)C(=O)N[C@@H](CO)C(=O)Nc1cccc(Nc2ccccc2)c1. The largest absolute Gasteiger partial charge is 0.394 e. The number of anilines is 3. The van der Waals surface area contributed by atoms with Gasteiger partial charge in [0.25, 0.3) is 0 Å². The van der Waals surface area contributed by atoms with E-state index in [2.05, 4.69) is 16.0 Å². The maximum absolute atomic E-state index is 12.3. The molecule has 0 saturated heterocycles. The summed E-state index contributed by atoms with van der Waals surface area (Å²) in [6.45, 7) is 2.98. The third-order valence-electron chi connectivity index (χ3n) is 3.53. The molecule has 1 atom stereocenters. The summed E-state index contributed by atoms with van der Waals surface area (Å²) in [7, 11) is 0. The van der Waals surface area contributed by atoms with Crippen LogP contribution >= 0.6 is 0 Å². The quantitative estimate of drug-likeness (QED) is 0.623. The molecule has 0 aliphatic heterocycles. The van der Waals surface area contributed by atoms with Crippen LogP contribution in [0.15, 0.2) is 54.6 Å². The molecule has 2 rings (SSSR count). The van der Waals surface area contributed by atoms with Gasteiger partial charge < -0.3 is 21.1 Å². The second-order valence-electron chi connectivity index (χ2n) is 5.96. The van der Waals surface area contributed by atoms with Gasteiger partial charge in [0.1, 0.15) is 6.04 Å². The van der Waals surface area contributed by atoms with Gasteiger partial charge in [-0.25, -0.2) is 0 Å². The number of aliphatic hydroxyl groups excluding tert-OH is 1. The lowest BCUT2D eigenvalue weighted by atomic mass is 10.2. The van der Waals surface area contributed by atoms with E-state index in [1.807, 2.05) is 42.5 Å². The van der Waals surface area contributed by atoms with Gasteiger partial charge in [0, 0.05) is 23.0 Å². The molecule has 6 heteroatoms. The first-order valence-electron chi connectivity index (χ1n) is 8.14. The van der Waals surface area contributed by atoms with Gasteiger partial charge in [-0.1, -0.05) is 38.1 Å². The van der Waals surface area contributed by atoms with Crippen molar-refractivity contribution in [2.75, 3.05) is 17.2 Å². The summed E-state index contributed by atoms with van der Waals surface area (Å²) < 4.78 is 0. The first kappa shape index (κ1) is 18.5. The summed E-state index contributed by atoms with van der Waals surface area (Å²) in [4.78, 5) is 24.0. The van der Waals surface area contributed by atoms with Gasteiger partial charge in [0.15, 0.2) is 0 Å². The Morgan fingerprint density at radius 1 is 0.920 bits per heavy atom. The van der Waals surface area contributed by atoms with Crippen molar-refractivity contribution in [2.24, 2.45) is 5.92 Å². The van der Waals surface area contributed by atoms with Crippen LogP contribution in [0.3, 0.4) is 0 Å². The van der Waals surface area contributed by atoms with Crippen molar-refractivity contribution >= 4 is 28.9 Å². The number of amides is 2. The minimum atomic E-state index is -0.986. The number of rotatable bonds is 7. The Kier molecular flexibility index (Phi) is 6.54. The van der Waals surface area contributed by atoms with Crippen LogP contribution in [-0.2, 0) is 9.59 Å². The Labute approximate surface area is 147 Å². The fourth-order valence-corrected chi connectivity index (χ4v) is 2.12. The summed E-state index contributed by atoms with van der Waals surface area (Å²) in [6, 6.07) is 15.9. The molecular formula is C19H23N3O3. The molecule has 2 aromatic rings. The van der Waals surface area contributed by atoms with Crippen molar-refractivity contribution in [1.82, 2.24) is 5.32 Å². The number of aliphatic hydroxyl groups is 1. The molecule has 25 heavy (non-hydrogen) atoms. The molecule has 0 bridgehead atoms. The third-order valence-corrected chi connectivity index (χ3v) is 3.53. The Morgan fingerprint density at radius 2 is 1.56 bits per heavy atom. The summed E-state index contributed by atoms with van der Waals surface area (Å²) in [5.41, 5.74) is 2.32. The number of benzene rings is 2. The number of hydrogen-bond acceptors (Lipinski definition) is 4. The lowest BCUT2D eigenvalue weighted by Gasteiger charge is -2.18. The van der Waals surface area contributed by atoms with Crippen LogP contribution in [-0.4, -0.2) is 29.6 Å². The average molecular weight is 341 g/mol. The maximum atomic E-state index is 12.3. The minimum Gasteiger partial charge on any atom is -0.394 e. The molecule has 0 aliphatic carbocycles. The number of nitrogens with one attached hydrogen (secondary N) is 3. The zero-order valence-corrected chi connectivity index (χ0v) is 14.3. The van der Waals surface area contributed by atoms with Crippen molar-refractivity contribution in [2.45, 2.75) is 19.9 Å². The normalized spacial score (nSPS) is 11.7. The van der Waals surface area contributed by atoms with Gasteiger partial charge in [-0.2, -0.15) is 0 Å². The molecule has 0 aliphatic rings. The average Bonchev–Trinajstić information content (AvgIpc) is 2.60. The van der Waals surface area contributed by atoms with Crippen LogP contribution in [0, 0.1) is 5.92 Å². The van der Waals surface area contributed by atoms with E-state index in [-0.39, 0.29) is 11.8 Å². The molecule has 0 fully saturated rings. The van der Waals surface area contributed by atoms with Crippen LogP contribution in [0.25, 0.3) is 0 Å². The zero-order chi connectivity index (χ0) is 18.2. The van der Waals surface area contributed by atoms with E-state index >= 15 is 0 Å². The third kappa shape index (κ3) is 5.61. The maximum Gasteiger partial charge on any atom is 0.249 e. The van der Waals surface area contributed by atoms with E-state index < -0.39 is 18.6 Å². The summed E-state index contributed by atoms with van der Waals surface area (Å²) in [5, 5.41) is 17.8. The van der Waals surface area contributed by atoms with E-state index in [1.165, 1.54) is 0 Å². The first-order valence-corrected chi connectivity index (χ1v) is 8.14. The highest BCUT2D eigenvalue weighted by molar-refractivity contribution is 5.97. The van der Waals surface area contributed by atoms with Gasteiger partial charge >= 0.3 is 0 Å². The molecule has 0 unspecified atom stereocenters. The lowest BCUT2D eigenvalue weighted by Crippen LogP contribution is -2.47. The highest BCUT2D eigenvalue weighted by Crippen LogP contribution is 2.20. The van der Waals surface area contributed by atoms with E-state index in [0.29, 0.717) is 5.69 Å². The summed E-state index contributed by atoms with van der Waals surface area (Å²) in [5.74, 6) is -1.01. The number of carbonyl (C=O) groups is 2. The van der Waals surface area contributed by atoms with Crippen LogP contribution in [0.5, 0.6) is 0 Å². The fraction of sp³-hybridized carbons (Fsp3) is 0.263. The first-order chi connectivity index (χ1) is 12.0. The molecule has 0 radical (unpaired) electrons. The van der Waals surface area contributed by atoms with Crippen molar-refractivity contribution < 1.29 is 14.7 Å². The highest BCUT2D eigenvalue weighted by Gasteiger charge is 2.21. The molecule has 0 spiro atoms. The minimum absolute atomic E-state index is 0.264. The molecular weight excluding hydrogens is 318 g/mol. The molecule has 0 aromatic heterocycles. The Balaban J connectivity index is 2.02. The van der Waals surface area contributed by atoms with Crippen molar-refractivity contribution in [1.29, 1.82) is 0 Å². The summed E-state index contributed by atoms with van der Waals surface area (Å²) >= 11 is 0. The topological polar surface area (TPSA) is 90.5 Å². The van der Waals surface area contributed by atoms with Crippen molar-refractivity contribution in [3.8, 4) is 0 Å². The van der Waals surface area contributed by atoms with Gasteiger partial charge in [-0.05, 0) is 30.3 Å². The van der Waals surface area contributed by atoms with E-state index in [9.17, 15) is 14.7 Å². The highest BCUT2D eigenvalue weighted by atomic mass is 16.3. The van der Waals surface area contributed by atoms with Crippen molar-refractivity contribution in [3.63, 3.8) is 0 Å². The van der Waals surface area contributed by atoms with Crippen LogP contribution < -0.4 is 16.0 Å². The molecule has 0 heterocycles. The molecule has 132 valence electrons. The van der Waals surface area contributed by atoms with Gasteiger partial charge in [-0.3, -0.25) is 9.59 Å². The van der Waals surface area contributed by atoms with Gasteiger partial charge in [0.2, 0.25) is 11.8 Å². The molecule has 2 aromatic carbocycles. The number of hydrogen-bond donors (Lipinski definition) is 4. The van der Waals surface area contributed by atoms with Crippen LogP contribution in [0.1, 0.15) is 13.8 Å². The van der Waals surface area contributed by atoms with Crippen LogP contribution in [0.2, 0.25) is 0 Å². The monoisotopic (exact) mass is 341 g/mol. The summed E-state index contributed by atoms with van der Waals surface area (Å²) in [6.07, 6.45) is 0. The lowest BCUT2D eigenvalue weighted by molar-refractivity contribution is -0.129. The molecule has 4 N–H and O–H groups in total. The predicted molar refractivity (Wildman–Crippen MR) is 98.7 cm³/mol. The number of para-hydroxylation sites is 1. The predicted octanol–water partition coefficient (Wildman–Crippen LogP) is 2.50. The standard InChI is InChI=1S/C19H23N3O3/c1-13(2)18(24)22-17(12-23)19(25)21-16-10-6-9-15(11-16)20-14-7-4-3-5-8-14/h3-11,13,17,20,23H,12H2,1-2H3,(H,21,25)(H,22,24)/t17-/m0/s1. The Morgan fingerprint density at radius 3 is 2.20 bits per heavy atom. The van der Waals surface area contributed by atoms with Gasteiger partial charge in [-0.15, -0.1) is 0 Å². The zero-order valence-electron chi connectivity index (χ0n) is 14.3. The van der Waals surface area contributed by atoms with E-state index in [4.69, 9.17) is 0 Å². The fourth-order valence-electron chi connectivity index (χ4n) is 2.12. The Hall–Kier alpha value is -2.86. The van der Waals surface area contributed by atoms with Gasteiger partial charge in [0.05, 0.1) is 6.61 Å². The second kappa shape index (κ2) is 8.84. The molecule has 6 nitrogen and oxygen atoms in total. The number of carbonyl (C=O) groups excluding carboxylic acids is 2. The Bertz CT molecular complexity index is 717. The second-order valence-corrected chi connectivity index (χ2v) is 5.96. The van der Waals surface area contributed by atoms with Crippen LogP contribution in [0.4, 0.5) is 17.1 Å². The van der Waals surface area contributed by atoms with E-state index in [1.54, 1.807) is 26.0 Å². The molecule has 2 amide bonds. The van der Waals surface area contributed by atoms with E-state index in [0.717, 1.165) is 11.4 Å².